The zero-order valence-electron chi connectivity index (χ0n) is 8.29. The van der Waals surface area contributed by atoms with Gasteiger partial charge in [0.1, 0.15) is 5.75 Å². The van der Waals surface area contributed by atoms with Crippen molar-refractivity contribution < 1.29 is 4.74 Å². The van der Waals surface area contributed by atoms with Gasteiger partial charge in [-0.3, -0.25) is 0 Å². The monoisotopic (exact) mass is 179 g/mol. The number of nitrogens with two attached hydrogens (primary N) is 1. The average molecular weight is 179 g/mol. The van der Waals surface area contributed by atoms with E-state index in [2.05, 4.69) is 6.58 Å². The van der Waals surface area contributed by atoms with Gasteiger partial charge in [0.05, 0.1) is 7.11 Å². The summed E-state index contributed by atoms with van der Waals surface area (Å²) in [6, 6.07) is 7.72. The van der Waals surface area contributed by atoms with Gasteiger partial charge in [0.15, 0.2) is 0 Å². The maximum Gasteiger partial charge on any atom is 0.118 e. The lowest BCUT2D eigenvalue weighted by atomic mass is 10.2. The summed E-state index contributed by atoms with van der Waals surface area (Å²) in [6.07, 6.45) is 1.75. The smallest absolute Gasteiger partial charge is 0.118 e. The number of benzene rings is 1. The van der Waals surface area contributed by atoms with E-state index in [1.165, 1.54) is 0 Å². The number of hydrogen-bond acceptors (Lipinski definition) is 2. The molecule has 1 aromatic carbocycles. The topological polar surface area (TPSA) is 35.2 Å². The van der Waals surface area contributed by atoms with Crippen LogP contribution in [0.25, 0.3) is 0 Å². The van der Waals surface area contributed by atoms with Gasteiger partial charge in [-0.25, -0.2) is 0 Å². The van der Waals surface area contributed by atoms with Crippen LogP contribution in [-0.4, -0.2) is 7.11 Å². The van der Waals surface area contributed by atoms with E-state index >= 15 is 0 Å². The average Bonchev–Trinajstić information content (AvgIpc) is 2.19. The summed E-state index contributed by atoms with van der Waals surface area (Å²) in [5, 5.41) is 0. The van der Waals surface area contributed by atoms with Crippen molar-refractivity contribution in [2.45, 2.75) is 13.5 Å². The Labute approximate surface area is 80.0 Å². The van der Waals surface area contributed by atoms with Crippen LogP contribution in [0.4, 0.5) is 0 Å². The summed E-state index contributed by atoms with van der Waals surface area (Å²) in [5.41, 5.74) is 6.53. The van der Waals surface area contributed by atoms with E-state index in [4.69, 9.17) is 10.5 Å². The Balaban J connectivity index is 0.000000424. The second kappa shape index (κ2) is 7.37. The highest BCUT2D eigenvalue weighted by molar-refractivity contribution is 5.26. The molecular weight excluding hydrogens is 162 g/mol. The molecule has 0 spiro atoms. The first-order valence-corrected chi connectivity index (χ1v) is 4.18. The van der Waals surface area contributed by atoms with Gasteiger partial charge in [0.25, 0.3) is 0 Å². The SMILES string of the molecule is C=CC.COc1ccc(CN)cc1. The first kappa shape index (κ1) is 11.7. The molecule has 0 bridgehead atoms. The fourth-order valence-electron chi connectivity index (χ4n) is 0.762. The van der Waals surface area contributed by atoms with Crippen LogP contribution in [0.1, 0.15) is 12.5 Å². The van der Waals surface area contributed by atoms with Crippen LogP contribution < -0.4 is 10.5 Å². The van der Waals surface area contributed by atoms with Crippen molar-refractivity contribution in [1.82, 2.24) is 0 Å². The van der Waals surface area contributed by atoms with Crippen molar-refractivity contribution in [2.75, 3.05) is 7.11 Å². The van der Waals surface area contributed by atoms with Crippen LogP contribution in [-0.2, 0) is 6.54 Å². The minimum atomic E-state index is 0.587. The zero-order chi connectivity index (χ0) is 10.1. The summed E-state index contributed by atoms with van der Waals surface area (Å²) in [7, 11) is 1.65. The van der Waals surface area contributed by atoms with Crippen LogP contribution >= 0.6 is 0 Å². The normalized spacial score (nSPS) is 8.23. The minimum Gasteiger partial charge on any atom is -0.497 e. The van der Waals surface area contributed by atoms with E-state index in [0.29, 0.717) is 6.54 Å². The molecule has 0 saturated carbocycles. The maximum absolute atomic E-state index is 5.40. The molecule has 2 heteroatoms. The van der Waals surface area contributed by atoms with E-state index in [1.54, 1.807) is 13.2 Å². The second-order valence-corrected chi connectivity index (χ2v) is 2.46. The first-order valence-electron chi connectivity index (χ1n) is 4.18. The molecule has 0 unspecified atom stereocenters. The lowest BCUT2D eigenvalue weighted by Crippen LogP contribution is -1.95. The van der Waals surface area contributed by atoms with Gasteiger partial charge >= 0.3 is 0 Å². The molecule has 72 valence electrons. The zero-order valence-corrected chi connectivity index (χ0v) is 8.29. The highest BCUT2D eigenvalue weighted by Gasteiger charge is 1.89. The minimum absolute atomic E-state index is 0.587. The van der Waals surface area contributed by atoms with Crippen LogP contribution in [0, 0.1) is 0 Å². The summed E-state index contributed by atoms with van der Waals surface area (Å²) >= 11 is 0. The third-order valence-electron chi connectivity index (χ3n) is 1.39. The van der Waals surface area contributed by atoms with Gasteiger partial charge in [-0.15, -0.1) is 6.58 Å². The fourth-order valence-corrected chi connectivity index (χ4v) is 0.762. The molecule has 1 aromatic rings. The van der Waals surface area contributed by atoms with E-state index < -0.39 is 0 Å². The Morgan fingerprint density at radius 2 is 1.85 bits per heavy atom. The van der Waals surface area contributed by atoms with Crippen molar-refractivity contribution in [2.24, 2.45) is 5.73 Å². The van der Waals surface area contributed by atoms with Gasteiger partial charge in [-0.1, -0.05) is 18.2 Å². The van der Waals surface area contributed by atoms with Gasteiger partial charge in [0.2, 0.25) is 0 Å². The highest BCUT2D eigenvalue weighted by Crippen LogP contribution is 2.10. The predicted molar refractivity (Wildman–Crippen MR) is 56.8 cm³/mol. The molecule has 0 aliphatic heterocycles. The lowest BCUT2D eigenvalue weighted by Gasteiger charge is -1.99. The molecule has 0 fully saturated rings. The van der Waals surface area contributed by atoms with Crippen LogP contribution in [0.5, 0.6) is 5.75 Å². The molecule has 0 aromatic heterocycles. The van der Waals surface area contributed by atoms with E-state index in [0.717, 1.165) is 11.3 Å². The molecule has 0 atom stereocenters. The molecule has 2 nitrogen and oxygen atoms in total. The lowest BCUT2D eigenvalue weighted by molar-refractivity contribution is 0.414. The second-order valence-electron chi connectivity index (χ2n) is 2.46. The molecule has 13 heavy (non-hydrogen) atoms. The van der Waals surface area contributed by atoms with E-state index in [9.17, 15) is 0 Å². The summed E-state index contributed by atoms with van der Waals surface area (Å²) in [4.78, 5) is 0. The molecule has 2 N–H and O–H groups in total. The van der Waals surface area contributed by atoms with Gasteiger partial charge < -0.3 is 10.5 Å². The third kappa shape index (κ3) is 5.04. The number of methoxy groups -OCH3 is 1. The molecule has 0 radical (unpaired) electrons. The number of ether oxygens (including phenoxy) is 1. The van der Waals surface area contributed by atoms with Crippen molar-refractivity contribution >= 4 is 0 Å². The van der Waals surface area contributed by atoms with Crippen LogP contribution in [0.3, 0.4) is 0 Å². The Morgan fingerprint density at radius 3 is 2.15 bits per heavy atom. The largest absolute Gasteiger partial charge is 0.497 e. The summed E-state index contributed by atoms with van der Waals surface area (Å²) < 4.78 is 4.97. The number of hydrogen-bond donors (Lipinski definition) is 1. The Bertz CT molecular complexity index is 205. The predicted octanol–water partition coefficient (Wildman–Crippen LogP) is 2.35. The Kier molecular flexibility index (Phi) is 6.65. The van der Waals surface area contributed by atoms with Gasteiger partial charge in [0, 0.05) is 6.54 Å². The standard InChI is InChI=1S/C8H11NO.C3H6/c1-10-8-4-2-7(6-9)3-5-8;1-3-2/h2-5H,6,9H2,1H3;3H,1H2,2H3. The summed E-state index contributed by atoms with van der Waals surface area (Å²) in [6.45, 7) is 5.84. The van der Waals surface area contributed by atoms with Crippen LogP contribution in [0.15, 0.2) is 36.9 Å². The van der Waals surface area contributed by atoms with Crippen molar-refractivity contribution in [3.8, 4) is 5.75 Å². The third-order valence-corrected chi connectivity index (χ3v) is 1.39. The maximum atomic E-state index is 5.40. The molecule has 1 rings (SSSR count). The van der Waals surface area contributed by atoms with Gasteiger partial charge in [-0.2, -0.15) is 0 Å². The molecule has 0 aliphatic rings. The van der Waals surface area contributed by atoms with Crippen molar-refractivity contribution in [3.05, 3.63) is 42.5 Å². The number of rotatable bonds is 2. The quantitative estimate of drug-likeness (QED) is 0.707. The number of allylic oxidation sites excluding steroid dienone is 1. The van der Waals surface area contributed by atoms with Crippen LogP contribution in [0.2, 0.25) is 0 Å². The fraction of sp³-hybridized carbons (Fsp3) is 0.273. The molecule has 0 aliphatic carbocycles. The van der Waals surface area contributed by atoms with Crippen molar-refractivity contribution in [3.63, 3.8) is 0 Å². The van der Waals surface area contributed by atoms with E-state index in [-0.39, 0.29) is 0 Å². The van der Waals surface area contributed by atoms with E-state index in [1.807, 2.05) is 31.2 Å². The molecule has 0 amide bonds. The molecule has 0 heterocycles. The van der Waals surface area contributed by atoms with Crippen molar-refractivity contribution in [1.29, 1.82) is 0 Å². The Morgan fingerprint density at radius 1 is 1.38 bits per heavy atom. The summed E-state index contributed by atoms with van der Waals surface area (Å²) in [5.74, 6) is 0.872. The molecule has 0 saturated heterocycles. The highest BCUT2D eigenvalue weighted by atomic mass is 16.5. The molecular formula is C11H17NO. The first-order chi connectivity index (χ1) is 6.28. The Hall–Kier alpha value is -1.28. The van der Waals surface area contributed by atoms with Gasteiger partial charge in [-0.05, 0) is 24.6 Å².